The van der Waals surface area contributed by atoms with E-state index in [1.807, 2.05) is 0 Å². The smallest absolute Gasteiger partial charge is 0.356 e. The maximum Gasteiger partial charge on any atom is 0.356 e. The first-order valence-corrected chi connectivity index (χ1v) is 5.80. The van der Waals surface area contributed by atoms with Gasteiger partial charge < -0.3 is 5.11 Å². The Balaban J connectivity index is 2.54. The fourth-order valence-corrected chi connectivity index (χ4v) is 1.94. The molecule has 0 radical (unpaired) electrons. The average Bonchev–Trinajstić information content (AvgIpc) is 2.81. The van der Waals surface area contributed by atoms with Crippen molar-refractivity contribution in [1.29, 1.82) is 0 Å². The van der Waals surface area contributed by atoms with Gasteiger partial charge in [-0.25, -0.2) is 14.5 Å². The third-order valence-corrected chi connectivity index (χ3v) is 3.39. The number of hydrogen-bond acceptors (Lipinski definition) is 5. The van der Waals surface area contributed by atoms with Gasteiger partial charge in [-0.2, -0.15) is 5.10 Å². The predicted molar refractivity (Wildman–Crippen MR) is 67.4 cm³/mol. The number of carboxylic acids is 1. The Morgan fingerprint density at radius 1 is 1.58 bits per heavy atom. The Labute approximate surface area is 115 Å². The van der Waals surface area contributed by atoms with E-state index in [1.165, 1.54) is 16.9 Å². The van der Waals surface area contributed by atoms with Crippen molar-refractivity contribution < 1.29 is 14.8 Å². The topological polar surface area (TPSA) is 111 Å². The minimum atomic E-state index is -1.16. The first kappa shape index (κ1) is 13.1. The number of aromatic carboxylic acids is 1. The van der Waals surface area contributed by atoms with Crippen molar-refractivity contribution in [2.75, 3.05) is 0 Å². The molecule has 0 aliphatic rings. The van der Waals surface area contributed by atoms with Gasteiger partial charge in [0.1, 0.15) is 6.20 Å². The summed E-state index contributed by atoms with van der Waals surface area (Å²) >= 11 is 3.21. The molecule has 8 nitrogen and oxygen atoms in total. The van der Waals surface area contributed by atoms with Gasteiger partial charge >= 0.3 is 5.97 Å². The van der Waals surface area contributed by atoms with Crippen LogP contribution in [0.15, 0.2) is 22.9 Å². The average molecular weight is 327 g/mol. The molecule has 0 aromatic carbocycles. The third kappa shape index (κ3) is 2.32. The van der Waals surface area contributed by atoms with Gasteiger partial charge in [0.15, 0.2) is 11.5 Å². The Morgan fingerprint density at radius 3 is 2.79 bits per heavy atom. The summed E-state index contributed by atoms with van der Waals surface area (Å²) in [5.41, 5.74) is 0.133. The maximum absolute atomic E-state index is 10.8. The van der Waals surface area contributed by atoms with Crippen LogP contribution in [-0.2, 0) is 0 Å². The van der Waals surface area contributed by atoms with Crippen LogP contribution in [-0.4, -0.2) is 30.8 Å². The highest BCUT2D eigenvalue weighted by Crippen LogP contribution is 2.29. The van der Waals surface area contributed by atoms with Crippen LogP contribution in [0.3, 0.4) is 0 Å². The van der Waals surface area contributed by atoms with E-state index in [0.717, 1.165) is 6.20 Å². The molecule has 98 valence electrons. The van der Waals surface area contributed by atoms with Crippen molar-refractivity contribution >= 4 is 27.6 Å². The van der Waals surface area contributed by atoms with Crippen LogP contribution < -0.4 is 0 Å². The van der Waals surface area contributed by atoms with Crippen molar-refractivity contribution in [3.05, 3.63) is 44.3 Å². The quantitative estimate of drug-likeness (QED) is 0.681. The number of halogens is 1. The van der Waals surface area contributed by atoms with Crippen LogP contribution in [0, 0.1) is 17.0 Å². The molecule has 0 atom stereocenters. The molecule has 2 heterocycles. The lowest BCUT2D eigenvalue weighted by molar-refractivity contribution is -0.385. The number of nitrogens with zero attached hydrogens (tertiary/aromatic N) is 4. The molecule has 2 rings (SSSR count). The molecule has 9 heteroatoms. The molecule has 0 amide bonds. The van der Waals surface area contributed by atoms with Crippen molar-refractivity contribution in [2.45, 2.75) is 6.92 Å². The molecule has 0 aliphatic carbocycles. The third-order valence-electron chi connectivity index (χ3n) is 2.44. The Morgan fingerprint density at radius 2 is 2.26 bits per heavy atom. The second kappa shape index (κ2) is 4.76. The molecule has 0 fully saturated rings. The summed E-state index contributed by atoms with van der Waals surface area (Å²) in [5, 5.41) is 23.4. The summed E-state index contributed by atoms with van der Waals surface area (Å²) in [4.78, 5) is 24.9. The summed E-state index contributed by atoms with van der Waals surface area (Å²) in [6.07, 6.45) is 2.53. The normalized spacial score (nSPS) is 10.4. The van der Waals surface area contributed by atoms with Crippen LogP contribution in [0.5, 0.6) is 0 Å². The van der Waals surface area contributed by atoms with Crippen LogP contribution in [0.2, 0.25) is 0 Å². The van der Waals surface area contributed by atoms with Crippen LogP contribution >= 0.6 is 15.9 Å². The highest BCUT2D eigenvalue weighted by atomic mass is 79.9. The molecule has 0 saturated carbocycles. The van der Waals surface area contributed by atoms with Gasteiger partial charge in [-0.15, -0.1) is 0 Å². The van der Waals surface area contributed by atoms with Crippen molar-refractivity contribution in [3.63, 3.8) is 0 Å². The first-order valence-electron chi connectivity index (χ1n) is 5.00. The van der Waals surface area contributed by atoms with Gasteiger partial charge in [0.05, 0.1) is 9.40 Å². The van der Waals surface area contributed by atoms with Gasteiger partial charge in [0, 0.05) is 11.8 Å². The van der Waals surface area contributed by atoms with E-state index in [2.05, 4.69) is 26.0 Å². The number of aromatic nitrogens is 3. The standard InChI is InChI=1S/C10H7BrN4O4/c1-5-7(15(18)19)4-12-9(8(5)11)14-3-2-6(13-14)10(16)17/h2-4H,1H3,(H,16,17). The summed E-state index contributed by atoms with van der Waals surface area (Å²) < 4.78 is 1.63. The molecule has 1 N–H and O–H groups in total. The SMILES string of the molecule is Cc1c([N+](=O)[O-])cnc(-n2ccc(C(=O)O)n2)c1Br. The van der Waals surface area contributed by atoms with Crippen LogP contribution in [0.1, 0.15) is 16.1 Å². The zero-order valence-electron chi connectivity index (χ0n) is 9.57. The molecular weight excluding hydrogens is 320 g/mol. The lowest BCUT2D eigenvalue weighted by atomic mass is 10.2. The predicted octanol–water partition coefficient (Wildman–Crippen LogP) is 1.94. The van der Waals surface area contributed by atoms with E-state index in [-0.39, 0.29) is 17.2 Å². The number of hydrogen-bond donors (Lipinski definition) is 1. The van der Waals surface area contributed by atoms with Gasteiger partial charge in [-0.1, -0.05) is 0 Å². The summed E-state index contributed by atoms with van der Waals surface area (Å²) in [6.45, 7) is 1.56. The zero-order chi connectivity index (χ0) is 14.2. The highest BCUT2D eigenvalue weighted by Gasteiger charge is 2.19. The molecule has 0 bridgehead atoms. The summed E-state index contributed by atoms with van der Waals surface area (Å²) in [6, 6.07) is 1.31. The van der Waals surface area contributed by atoms with Gasteiger partial charge in [0.2, 0.25) is 0 Å². The van der Waals surface area contributed by atoms with Gasteiger partial charge in [-0.05, 0) is 28.9 Å². The van der Waals surface area contributed by atoms with Crippen molar-refractivity contribution in [3.8, 4) is 5.82 Å². The lowest BCUT2D eigenvalue weighted by Gasteiger charge is -2.06. The lowest BCUT2D eigenvalue weighted by Crippen LogP contribution is -2.05. The summed E-state index contributed by atoms with van der Waals surface area (Å²) in [5.74, 6) is -0.871. The largest absolute Gasteiger partial charge is 0.476 e. The van der Waals surface area contributed by atoms with E-state index in [4.69, 9.17) is 5.11 Å². The van der Waals surface area contributed by atoms with E-state index in [1.54, 1.807) is 6.92 Å². The number of nitro groups is 1. The number of carboxylic acid groups (broad SMARTS) is 1. The second-order valence-electron chi connectivity index (χ2n) is 3.61. The van der Waals surface area contributed by atoms with Crippen molar-refractivity contribution in [2.24, 2.45) is 0 Å². The molecule has 0 aliphatic heterocycles. The molecule has 0 unspecified atom stereocenters. The maximum atomic E-state index is 10.8. The molecule has 19 heavy (non-hydrogen) atoms. The monoisotopic (exact) mass is 326 g/mol. The first-order chi connectivity index (χ1) is 8.91. The Bertz CT molecular complexity index is 682. The number of rotatable bonds is 3. The molecular formula is C10H7BrN4O4. The second-order valence-corrected chi connectivity index (χ2v) is 4.41. The van der Waals surface area contributed by atoms with E-state index >= 15 is 0 Å². The van der Waals surface area contributed by atoms with Crippen LogP contribution in [0.4, 0.5) is 5.69 Å². The fourth-order valence-electron chi connectivity index (χ4n) is 1.46. The fraction of sp³-hybridized carbons (Fsp3) is 0.100. The molecule has 2 aromatic heterocycles. The Kier molecular flexibility index (Phi) is 3.30. The van der Waals surface area contributed by atoms with Crippen molar-refractivity contribution in [1.82, 2.24) is 14.8 Å². The van der Waals surface area contributed by atoms with Crippen LogP contribution in [0.25, 0.3) is 5.82 Å². The van der Waals surface area contributed by atoms with Gasteiger partial charge in [-0.3, -0.25) is 10.1 Å². The van der Waals surface area contributed by atoms with E-state index in [9.17, 15) is 14.9 Å². The molecule has 2 aromatic rings. The Hall–Kier alpha value is -2.29. The summed E-state index contributed by atoms with van der Waals surface area (Å²) in [7, 11) is 0. The molecule has 0 spiro atoms. The highest BCUT2D eigenvalue weighted by molar-refractivity contribution is 9.10. The van der Waals surface area contributed by atoms with E-state index < -0.39 is 10.9 Å². The minimum Gasteiger partial charge on any atom is -0.476 e. The number of pyridine rings is 1. The molecule has 0 saturated heterocycles. The number of carbonyl (C=O) groups is 1. The van der Waals surface area contributed by atoms with E-state index in [0.29, 0.717) is 10.0 Å². The van der Waals surface area contributed by atoms with Gasteiger partial charge in [0.25, 0.3) is 5.69 Å². The zero-order valence-corrected chi connectivity index (χ0v) is 11.2. The minimum absolute atomic E-state index is 0.124.